The van der Waals surface area contributed by atoms with Crippen LogP contribution in [-0.2, 0) is 14.3 Å². The largest absolute Gasteiger partial charge is 0.468 e. The highest BCUT2D eigenvalue weighted by atomic mass is 16.5. The first-order valence-corrected chi connectivity index (χ1v) is 9.51. The van der Waals surface area contributed by atoms with Crippen molar-refractivity contribution in [2.75, 3.05) is 13.7 Å². The molecule has 2 aromatic carbocycles. The van der Waals surface area contributed by atoms with Crippen LogP contribution < -0.4 is 5.32 Å². The van der Waals surface area contributed by atoms with E-state index in [0.717, 1.165) is 22.8 Å². The lowest BCUT2D eigenvalue weighted by Gasteiger charge is -2.18. The van der Waals surface area contributed by atoms with Crippen molar-refractivity contribution in [1.82, 2.24) is 5.32 Å². The molecule has 0 bridgehead atoms. The molecule has 1 atom stereocenters. The molecule has 3 rings (SSSR count). The second-order valence-corrected chi connectivity index (χ2v) is 7.14. The number of carbonyl (C=O) groups is 2. The van der Waals surface area contributed by atoms with Gasteiger partial charge in [0.15, 0.2) is 0 Å². The predicted molar refractivity (Wildman–Crippen MR) is 103 cm³/mol. The number of rotatable bonds is 7. The Morgan fingerprint density at radius 3 is 2.62 bits per heavy atom. The predicted octanol–water partition coefficient (Wildman–Crippen LogP) is 4.18. The van der Waals surface area contributed by atoms with Gasteiger partial charge in [-0.25, -0.2) is 0 Å². The first kappa shape index (κ1) is 18.4. The highest BCUT2D eigenvalue weighted by Gasteiger charge is 2.24. The summed E-state index contributed by atoms with van der Waals surface area (Å²) in [5.41, 5.74) is 0.894. The van der Waals surface area contributed by atoms with Gasteiger partial charge in [-0.3, -0.25) is 9.59 Å². The standard InChI is InChI=1S/C22H27NO3/c1-26-22(25)20(15-23-21(24)14-13-16-7-2-3-8-16)19-12-6-10-17-9-4-5-11-18(17)19/h4-6,9-12,16,20H,2-3,7-8,13-15H2,1H3,(H,23,24). The Balaban J connectivity index is 1.68. The minimum Gasteiger partial charge on any atom is -0.468 e. The normalized spacial score (nSPS) is 15.7. The summed E-state index contributed by atoms with van der Waals surface area (Å²) in [7, 11) is 1.39. The zero-order valence-electron chi connectivity index (χ0n) is 15.4. The topological polar surface area (TPSA) is 55.4 Å². The molecule has 4 heteroatoms. The fourth-order valence-corrected chi connectivity index (χ4v) is 3.96. The average molecular weight is 353 g/mol. The van der Waals surface area contributed by atoms with Gasteiger partial charge in [-0.1, -0.05) is 68.1 Å². The Kier molecular flexibility index (Phi) is 6.26. The number of ether oxygens (including phenoxy) is 1. The molecule has 0 radical (unpaired) electrons. The van der Waals surface area contributed by atoms with E-state index in [-0.39, 0.29) is 18.4 Å². The van der Waals surface area contributed by atoms with Crippen molar-refractivity contribution < 1.29 is 14.3 Å². The van der Waals surface area contributed by atoms with E-state index < -0.39 is 5.92 Å². The summed E-state index contributed by atoms with van der Waals surface area (Å²) in [5, 5.41) is 5.04. The number of carbonyl (C=O) groups excluding carboxylic acids is 2. The summed E-state index contributed by atoms with van der Waals surface area (Å²) < 4.78 is 5.00. The Labute approximate surface area is 154 Å². The van der Waals surface area contributed by atoms with Crippen LogP contribution in [0.3, 0.4) is 0 Å². The van der Waals surface area contributed by atoms with Crippen LogP contribution in [0.4, 0.5) is 0 Å². The van der Waals surface area contributed by atoms with Gasteiger partial charge in [0.25, 0.3) is 0 Å². The highest BCUT2D eigenvalue weighted by Crippen LogP contribution is 2.29. The van der Waals surface area contributed by atoms with Crippen molar-refractivity contribution in [2.45, 2.75) is 44.4 Å². The number of amides is 1. The van der Waals surface area contributed by atoms with Crippen molar-refractivity contribution in [3.63, 3.8) is 0 Å². The molecule has 1 aliphatic carbocycles. The maximum absolute atomic E-state index is 12.4. The molecule has 26 heavy (non-hydrogen) atoms. The third-order valence-electron chi connectivity index (χ3n) is 5.44. The van der Waals surface area contributed by atoms with E-state index in [1.54, 1.807) is 0 Å². The van der Waals surface area contributed by atoms with Crippen LogP contribution in [0.1, 0.15) is 50.0 Å². The number of esters is 1. The number of fused-ring (bicyclic) bond motifs is 1. The first-order valence-electron chi connectivity index (χ1n) is 9.51. The molecular weight excluding hydrogens is 326 g/mol. The summed E-state index contributed by atoms with van der Waals surface area (Å²) in [6.07, 6.45) is 6.55. The zero-order valence-corrected chi connectivity index (χ0v) is 15.4. The van der Waals surface area contributed by atoms with Crippen molar-refractivity contribution >= 4 is 22.6 Å². The third-order valence-corrected chi connectivity index (χ3v) is 5.44. The SMILES string of the molecule is COC(=O)C(CNC(=O)CCC1CCCC1)c1cccc2ccccc12. The Morgan fingerprint density at radius 2 is 1.85 bits per heavy atom. The fraction of sp³-hybridized carbons (Fsp3) is 0.455. The van der Waals surface area contributed by atoms with Gasteiger partial charge in [0.1, 0.15) is 0 Å². The second kappa shape index (κ2) is 8.84. The maximum Gasteiger partial charge on any atom is 0.314 e. The van der Waals surface area contributed by atoms with E-state index in [1.165, 1.54) is 32.8 Å². The Hall–Kier alpha value is -2.36. The molecule has 1 aliphatic rings. The van der Waals surface area contributed by atoms with Gasteiger partial charge in [0.2, 0.25) is 5.91 Å². The minimum absolute atomic E-state index is 0.0195. The summed E-state index contributed by atoms with van der Waals surface area (Å²) >= 11 is 0. The van der Waals surface area contributed by atoms with E-state index in [9.17, 15) is 9.59 Å². The molecule has 0 heterocycles. The zero-order chi connectivity index (χ0) is 18.4. The lowest BCUT2D eigenvalue weighted by molar-refractivity contribution is -0.142. The van der Waals surface area contributed by atoms with Crippen molar-refractivity contribution in [3.8, 4) is 0 Å². The van der Waals surface area contributed by atoms with Gasteiger partial charge >= 0.3 is 5.97 Å². The summed E-state index contributed by atoms with van der Waals surface area (Å²) in [5.74, 6) is -0.111. The van der Waals surface area contributed by atoms with E-state index in [1.807, 2.05) is 42.5 Å². The van der Waals surface area contributed by atoms with Gasteiger partial charge in [-0.2, -0.15) is 0 Å². The van der Waals surface area contributed by atoms with Crippen LogP contribution in [-0.4, -0.2) is 25.5 Å². The van der Waals surface area contributed by atoms with Gasteiger partial charge in [-0.05, 0) is 28.7 Å². The molecule has 0 aliphatic heterocycles. The smallest absolute Gasteiger partial charge is 0.314 e. The van der Waals surface area contributed by atoms with Gasteiger partial charge in [-0.15, -0.1) is 0 Å². The molecule has 1 unspecified atom stereocenters. The van der Waals surface area contributed by atoms with E-state index in [4.69, 9.17) is 4.74 Å². The molecule has 1 amide bonds. The summed E-state index contributed by atoms with van der Waals surface area (Å²) in [6.45, 7) is 0.268. The molecule has 1 fully saturated rings. The van der Waals surface area contributed by atoms with Crippen LogP contribution >= 0.6 is 0 Å². The van der Waals surface area contributed by atoms with Crippen LogP contribution in [0, 0.1) is 5.92 Å². The van der Waals surface area contributed by atoms with Gasteiger partial charge < -0.3 is 10.1 Å². The van der Waals surface area contributed by atoms with Crippen LogP contribution in [0.15, 0.2) is 42.5 Å². The van der Waals surface area contributed by atoms with E-state index in [0.29, 0.717) is 12.3 Å². The molecular formula is C22H27NO3. The molecule has 1 saturated carbocycles. The Morgan fingerprint density at radius 1 is 1.12 bits per heavy atom. The number of hydrogen-bond acceptors (Lipinski definition) is 3. The monoisotopic (exact) mass is 353 g/mol. The number of nitrogens with one attached hydrogen (secondary N) is 1. The van der Waals surface area contributed by atoms with Crippen LogP contribution in [0.5, 0.6) is 0 Å². The highest BCUT2D eigenvalue weighted by molar-refractivity contribution is 5.91. The molecule has 0 spiro atoms. The first-order chi connectivity index (χ1) is 12.7. The van der Waals surface area contributed by atoms with Crippen molar-refractivity contribution in [1.29, 1.82) is 0 Å². The van der Waals surface area contributed by atoms with Crippen LogP contribution in [0.2, 0.25) is 0 Å². The molecule has 2 aromatic rings. The van der Waals surface area contributed by atoms with E-state index >= 15 is 0 Å². The minimum atomic E-state index is -0.499. The van der Waals surface area contributed by atoms with Gasteiger partial charge in [0.05, 0.1) is 13.0 Å². The molecule has 0 aromatic heterocycles. The number of hydrogen-bond donors (Lipinski definition) is 1. The van der Waals surface area contributed by atoms with Crippen molar-refractivity contribution in [2.24, 2.45) is 5.92 Å². The molecule has 1 N–H and O–H groups in total. The molecule has 138 valence electrons. The fourth-order valence-electron chi connectivity index (χ4n) is 3.96. The van der Waals surface area contributed by atoms with E-state index in [2.05, 4.69) is 5.32 Å². The third kappa shape index (κ3) is 4.43. The number of methoxy groups -OCH3 is 1. The lowest BCUT2D eigenvalue weighted by atomic mass is 9.93. The molecule has 0 saturated heterocycles. The number of benzene rings is 2. The molecule has 4 nitrogen and oxygen atoms in total. The second-order valence-electron chi connectivity index (χ2n) is 7.14. The van der Waals surface area contributed by atoms with Crippen molar-refractivity contribution in [3.05, 3.63) is 48.0 Å². The van der Waals surface area contributed by atoms with Gasteiger partial charge in [0, 0.05) is 13.0 Å². The quantitative estimate of drug-likeness (QED) is 0.760. The lowest BCUT2D eigenvalue weighted by Crippen LogP contribution is -2.32. The Bertz CT molecular complexity index is 760. The summed E-state index contributed by atoms with van der Waals surface area (Å²) in [6, 6.07) is 13.9. The summed E-state index contributed by atoms with van der Waals surface area (Å²) in [4.78, 5) is 24.6. The maximum atomic E-state index is 12.4. The van der Waals surface area contributed by atoms with Crippen LogP contribution in [0.25, 0.3) is 10.8 Å². The average Bonchev–Trinajstić information content (AvgIpc) is 3.20.